The lowest BCUT2D eigenvalue weighted by atomic mass is 9.32. The summed E-state index contributed by atoms with van der Waals surface area (Å²) in [6, 6.07) is 75.4. The average molecular weight is 1130 g/mol. The van der Waals surface area contributed by atoms with Gasteiger partial charge in [-0.15, -0.1) is 0 Å². The molecule has 0 saturated heterocycles. The Bertz CT molecular complexity index is 4770. The summed E-state index contributed by atoms with van der Waals surface area (Å²) in [5, 5.41) is 4.27. The molecule has 0 unspecified atom stereocenters. The SMILES string of the molecule is Cc1cccc(C)c1B1c2ccccc2N2C(=O)N3c4ccccc4B(c4c(C)cccc4C)c4cc(-c5cc6c7c8c9c(ccc58)B(c5c(C)cccc5C)c5ccccc5N9C(=O)N7c5ccccc5B6c5c(C)cccc5C)c5ccc1c2c5c43. The lowest BCUT2D eigenvalue weighted by molar-refractivity contribution is 0.254. The molecule has 414 valence electrons. The fourth-order valence-electron chi connectivity index (χ4n) is 17.6. The third-order valence-electron chi connectivity index (χ3n) is 21.1. The number of amides is 4. The van der Waals surface area contributed by atoms with Gasteiger partial charge in [-0.1, -0.05) is 248 Å². The Hall–Kier alpha value is -10.0. The zero-order valence-corrected chi connectivity index (χ0v) is 50.5. The smallest absolute Gasteiger partial charge is 0.263 e. The number of hydrogen-bond acceptors (Lipinski definition) is 2. The minimum Gasteiger partial charge on any atom is -0.263 e. The number of aryl methyl sites for hydroxylation is 8. The number of fused-ring (bicyclic) bond motifs is 8. The van der Waals surface area contributed by atoms with Crippen LogP contribution >= 0.6 is 0 Å². The van der Waals surface area contributed by atoms with Gasteiger partial charge in [-0.05, 0) is 145 Å². The van der Waals surface area contributed by atoms with Crippen molar-refractivity contribution < 1.29 is 9.59 Å². The Balaban J connectivity index is 1.05. The van der Waals surface area contributed by atoms with Gasteiger partial charge in [0.25, 0.3) is 0 Å². The van der Waals surface area contributed by atoms with Crippen LogP contribution in [-0.4, -0.2) is 38.9 Å². The molecule has 0 aromatic heterocycles. The Morgan fingerprint density at radius 3 is 0.761 bits per heavy atom. The third kappa shape index (κ3) is 6.51. The first-order chi connectivity index (χ1) is 42.9. The van der Waals surface area contributed by atoms with E-state index in [-0.39, 0.29) is 38.9 Å². The van der Waals surface area contributed by atoms with Crippen LogP contribution in [0.3, 0.4) is 0 Å². The highest BCUT2D eigenvalue weighted by atomic mass is 16.2. The van der Waals surface area contributed by atoms with Gasteiger partial charge >= 0.3 is 12.1 Å². The van der Waals surface area contributed by atoms with E-state index in [4.69, 9.17) is 0 Å². The number of para-hydroxylation sites is 4. The van der Waals surface area contributed by atoms with Gasteiger partial charge in [-0.2, -0.15) is 0 Å². The van der Waals surface area contributed by atoms with Gasteiger partial charge in [0.1, 0.15) is 0 Å². The van der Waals surface area contributed by atoms with Gasteiger partial charge < -0.3 is 0 Å². The van der Waals surface area contributed by atoms with Crippen molar-refractivity contribution in [1.82, 2.24) is 0 Å². The molecular weight excluding hydrogens is 1070 g/mol. The summed E-state index contributed by atoms with van der Waals surface area (Å²) in [7, 11) is 0. The number of benzene rings is 12. The molecule has 6 nitrogen and oxygen atoms in total. The van der Waals surface area contributed by atoms with E-state index in [0.29, 0.717) is 0 Å². The predicted molar refractivity (Wildman–Crippen MR) is 374 cm³/mol. The van der Waals surface area contributed by atoms with E-state index in [1.807, 2.05) is 0 Å². The van der Waals surface area contributed by atoms with Gasteiger partial charge in [0.2, 0.25) is 26.9 Å². The summed E-state index contributed by atoms with van der Waals surface area (Å²) in [6.45, 7) is 17.2. The first-order valence-corrected chi connectivity index (χ1v) is 31.1. The molecule has 0 radical (unpaired) electrons. The molecule has 6 aliphatic heterocycles. The minimum absolute atomic E-state index is 0.0817. The van der Waals surface area contributed by atoms with Crippen molar-refractivity contribution in [3.05, 3.63) is 251 Å². The molecular formula is C78H58B4N4O2. The van der Waals surface area contributed by atoms with Crippen molar-refractivity contribution >= 4 is 172 Å². The predicted octanol–water partition coefficient (Wildman–Crippen LogP) is 10.3. The number of carbonyl (C=O) groups excluding carboxylic acids is 2. The molecule has 4 amide bonds. The molecule has 0 N–H and O–H groups in total. The van der Waals surface area contributed by atoms with Gasteiger partial charge in [-0.3, -0.25) is 19.6 Å². The summed E-state index contributed by atoms with van der Waals surface area (Å²) >= 11 is 0. The number of urea groups is 2. The lowest BCUT2D eigenvalue weighted by Gasteiger charge is -2.47. The first-order valence-electron chi connectivity index (χ1n) is 31.1. The molecule has 0 atom stereocenters. The second kappa shape index (κ2) is 18.3. The molecule has 12 aromatic rings. The van der Waals surface area contributed by atoms with Crippen LogP contribution in [0.15, 0.2) is 206 Å². The van der Waals surface area contributed by atoms with Crippen LogP contribution in [0.4, 0.5) is 55.1 Å². The van der Waals surface area contributed by atoms with E-state index in [1.54, 1.807) is 0 Å². The van der Waals surface area contributed by atoms with Crippen LogP contribution in [-0.2, 0) is 0 Å². The lowest BCUT2D eigenvalue weighted by Crippen LogP contribution is -2.65. The van der Waals surface area contributed by atoms with Gasteiger partial charge in [0.15, 0.2) is 0 Å². The second-order valence-electron chi connectivity index (χ2n) is 25.7. The van der Waals surface area contributed by atoms with Crippen LogP contribution in [0, 0.1) is 55.4 Å². The van der Waals surface area contributed by atoms with Crippen molar-refractivity contribution in [2.24, 2.45) is 0 Å². The summed E-state index contributed by atoms with van der Waals surface area (Å²) in [4.78, 5) is 41.3. The van der Waals surface area contributed by atoms with Gasteiger partial charge in [0, 0.05) is 33.5 Å². The maximum Gasteiger partial charge on any atom is 0.338 e. The molecule has 0 saturated carbocycles. The number of nitrogens with zero attached hydrogens (tertiary/aromatic N) is 4. The zero-order chi connectivity index (χ0) is 59.4. The van der Waals surface area contributed by atoms with Gasteiger partial charge in [0.05, 0.1) is 22.7 Å². The molecule has 0 fully saturated rings. The normalized spacial score (nSPS) is 14.5. The number of rotatable bonds is 5. The molecule has 0 spiro atoms. The molecule has 6 aliphatic rings. The van der Waals surface area contributed by atoms with Gasteiger partial charge in [-0.25, -0.2) is 9.59 Å². The van der Waals surface area contributed by atoms with E-state index in [2.05, 4.69) is 281 Å². The van der Waals surface area contributed by atoms with Crippen molar-refractivity contribution in [2.75, 3.05) is 19.6 Å². The minimum atomic E-state index is -0.227. The monoisotopic (exact) mass is 1130 g/mol. The quantitative estimate of drug-likeness (QED) is 0.161. The molecule has 0 bridgehead atoms. The van der Waals surface area contributed by atoms with Crippen LogP contribution in [0.1, 0.15) is 44.5 Å². The Kier molecular flexibility index (Phi) is 10.6. The highest BCUT2D eigenvalue weighted by Gasteiger charge is 2.52. The Labute approximate surface area is 515 Å². The standard InChI is InChI=1S/C78H58B4N4O2/c1-43-21-17-22-44(2)69(43)79-55-29-9-13-33-63(55)83-73-59(79)39-37-51-53(41-61-75(67(51)73)85(77(83)87)65-35-15-11-31-57(65)81(61)71-47(5)25-19-26-48(71)6)54-42-62-76-68-52(54)38-40-60-74(68)84(64-34-14-10-30-56(64)80(60)70-45(3)23-18-24-46(70)4)78(88)86(76)66-36-16-12-32-58(66)82(62)72-49(7)27-20-28-50(72)8/h9-42H,1-8H3. The summed E-state index contributed by atoms with van der Waals surface area (Å²) in [6.07, 6.45) is 0. The van der Waals surface area contributed by atoms with Crippen molar-refractivity contribution in [3.63, 3.8) is 0 Å². The summed E-state index contributed by atoms with van der Waals surface area (Å²) in [5.74, 6) is 0. The third-order valence-corrected chi connectivity index (χ3v) is 21.1. The molecule has 88 heavy (non-hydrogen) atoms. The van der Waals surface area contributed by atoms with Crippen LogP contribution in [0.25, 0.3) is 32.7 Å². The summed E-state index contributed by atoms with van der Waals surface area (Å²) in [5.41, 5.74) is 33.1. The second-order valence-corrected chi connectivity index (χ2v) is 25.7. The molecule has 18 rings (SSSR count). The largest absolute Gasteiger partial charge is 0.338 e. The number of hydrogen-bond donors (Lipinski definition) is 0. The highest BCUT2D eigenvalue weighted by Crippen LogP contribution is 2.53. The summed E-state index contributed by atoms with van der Waals surface area (Å²) < 4.78 is 0. The molecule has 10 heteroatoms. The van der Waals surface area contributed by atoms with E-state index in [1.165, 1.54) is 66.4 Å². The van der Waals surface area contributed by atoms with Crippen molar-refractivity contribution in [2.45, 2.75) is 55.4 Å². The van der Waals surface area contributed by atoms with E-state index < -0.39 is 0 Å². The van der Waals surface area contributed by atoms with E-state index in [9.17, 15) is 0 Å². The zero-order valence-electron chi connectivity index (χ0n) is 50.5. The number of anilines is 8. The van der Waals surface area contributed by atoms with Crippen LogP contribution < -0.4 is 85.2 Å². The van der Waals surface area contributed by atoms with Crippen molar-refractivity contribution in [1.29, 1.82) is 0 Å². The number of carbonyl (C=O) groups is 2. The fraction of sp³-hybridized carbons (Fsp3) is 0.103. The van der Waals surface area contributed by atoms with Crippen LogP contribution in [0.2, 0.25) is 0 Å². The van der Waals surface area contributed by atoms with Crippen LogP contribution in [0.5, 0.6) is 0 Å². The van der Waals surface area contributed by atoms with Crippen molar-refractivity contribution in [3.8, 4) is 11.1 Å². The Morgan fingerprint density at radius 2 is 0.489 bits per heavy atom. The topological polar surface area (TPSA) is 47.1 Å². The molecule has 0 aliphatic carbocycles. The molecule has 6 heterocycles. The maximum absolute atomic E-state index is 16.5. The Morgan fingerprint density at radius 1 is 0.250 bits per heavy atom. The van der Waals surface area contributed by atoms with E-state index in [0.717, 1.165) is 122 Å². The first kappa shape index (κ1) is 51.2. The fourth-order valence-corrected chi connectivity index (χ4v) is 17.6. The highest BCUT2D eigenvalue weighted by molar-refractivity contribution is 7.02. The molecule has 12 aromatic carbocycles. The maximum atomic E-state index is 16.5. The van der Waals surface area contributed by atoms with E-state index >= 15 is 9.59 Å². The average Bonchev–Trinajstić information content (AvgIpc) is 0.682.